The summed E-state index contributed by atoms with van der Waals surface area (Å²) >= 11 is 7.99. The Hall–Kier alpha value is -4.30. The topological polar surface area (TPSA) is 95.1 Å². The Labute approximate surface area is 235 Å². The first-order chi connectivity index (χ1) is 19.0. The molecule has 1 aromatic heterocycles. The molecule has 194 valence electrons. The Kier molecular flexibility index (Phi) is 7.84. The molecule has 3 aromatic carbocycles. The third-order valence-electron chi connectivity index (χ3n) is 6.69. The van der Waals surface area contributed by atoms with E-state index < -0.39 is 5.91 Å². The minimum Gasteiger partial charge on any atom is -0.493 e. The highest BCUT2D eigenvalue weighted by Crippen LogP contribution is 2.39. The van der Waals surface area contributed by atoms with E-state index in [4.69, 9.17) is 21.1 Å². The maximum absolute atomic E-state index is 13.0. The molecule has 0 atom stereocenters. The number of rotatable bonds is 7. The predicted octanol–water partition coefficient (Wildman–Crippen LogP) is 7.44. The zero-order chi connectivity index (χ0) is 27.4. The highest BCUT2D eigenvalue weighted by molar-refractivity contribution is 7.16. The van der Waals surface area contributed by atoms with Crippen molar-refractivity contribution in [1.29, 1.82) is 10.5 Å². The monoisotopic (exact) mass is 553 g/mol. The minimum atomic E-state index is -0.584. The zero-order valence-corrected chi connectivity index (χ0v) is 22.8. The number of nitrogens with zero attached hydrogens (tertiary/aromatic N) is 2. The summed E-state index contributed by atoms with van der Waals surface area (Å²) in [7, 11) is 1.50. The normalized spacial score (nSPS) is 12.8. The summed E-state index contributed by atoms with van der Waals surface area (Å²) < 4.78 is 11.6. The summed E-state index contributed by atoms with van der Waals surface area (Å²) in [6, 6.07) is 21.6. The molecule has 0 spiro atoms. The molecule has 0 bridgehead atoms. The van der Waals surface area contributed by atoms with E-state index in [1.54, 1.807) is 12.1 Å². The fraction of sp³-hybridized carbons (Fsp3) is 0.194. The summed E-state index contributed by atoms with van der Waals surface area (Å²) in [6.07, 6.45) is 5.27. The van der Waals surface area contributed by atoms with E-state index in [0.717, 1.165) is 52.5 Å². The smallest absolute Gasteiger partial charge is 0.266 e. The zero-order valence-electron chi connectivity index (χ0n) is 21.2. The quantitative estimate of drug-likeness (QED) is 0.189. The minimum absolute atomic E-state index is 0.118. The van der Waals surface area contributed by atoms with Gasteiger partial charge < -0.3 is 14.8 Å². The number of nitrogens with one attached hydrogen (secondary N) is 1. The van der Waals surface area contributed by atoms with Crippen LogP contribution >= 0.6 is 22.9 Å². The van der Waals surface area contributed by atoms with Crippen LogP contribution in [0.15, 0.2) is 60.2 Å². The summed E-state index contributed by atoms with van der Waals surface area (Å²) in [6.45, 7) is 0.282. The SMILES string of the molecule is COc1cc(/C=C(\C#N)C(=O)Nc2sc3c(c2C#N)CCCC3)cc(Cl)c1OCc1cccc2ccccc12. The van der Waals surface area contributed by atoms with Crippen molar-refractivity contribution in [2.45, 2.75) is 32.3 Å². The average molecular weight is 554 g/mol. The fourth-order valence-corrected chi connectivity index (χ4v) is 6.30. The van der Waals surface area contributed by atoms with Gasteiger partial charge >= 0.3 is 0 Å². The lowest BCUT2D eigenvalue weighted by molar-refractivity contribution is -0.112. The third-order valence-corrected chi connectivity index (χ3v) is 8.18. The standard InChI is InChI=1S/C31H24ClN3O3S/c1-37-27-15-19(14-26(32)29(27)38-18-21-9-6-8-20-7-2-3-10-23(20)21)13-22(16-33)30(36)35-31-25(17-34)24-11-4-5-12-28(24)39-31/h2-3,6-10,13-15H,4-5,11-12,18H2,1H3,(H,35,36)/b22-13+. The molecule has 0 unspecified atom stereocenters. The van der Waals surface area contributed by atoms with Crippen LogP contribution in [-0.2, 0) is 24.2 Å². The predicted molar refractivity (Wildman–Crippen MR) is 154 cm³/mol. The summed E-state index contributed by atoms with van der Waals surface area (Å²) in [5.74, 6) is 0.165. The molecule has 1 heterocycles. The number of halogens is 1. The second-order valence-corrected chi connectivity index (χ2v) is 10.6. The lowest BCUT2D eigenvalue weighted by atomic mass is 9.96. The van der Waals surface area contributed by atoms with Crippen molar-refractivity contribution in [3.05, 3.63) is 92.3 Å². The van der Waals surface area contributed by atoms with E-state index in [1.807, 2.05) is 48.5 Å². The number of anilines is 1. The molecule has 0 saturated heterocycles. The highest BCUT2D eigenvalue weighted by atomic mass is 35.5. The van der Waals surface area contributed by atoms with Gasteiger partial charge in [-0.25, -0.2) is 0 Å². The van der Waals surface area contributed by atoms with Crippen LogP contribution in [0.1, 0.15) is 40.0 Å². The van der Waals surface area contributed by atoms with Gasteiger partial charge in [-0.15, -0.1) is 11.3 Å². The van der Waals surface area contributed by atoms with Crippen LogP contribution in [0.5, 0.6) is 11.5 Å². The molecular weight excluding hydrogens is 530 g/mol. The van der Waals surface area contributed by atoms with Gasteiger partial charge in [-0.2, -0.15) is 10.5 Å². The molecule has 1 aliphatic carbocycles. The van der Waals surface area contributed by atoms with Crippen LogP contribution < -0.4 is 14.8 Å². The van der Waals surface area contributed by atoms with Gasteiger partial charge in [0, 0.05) is 4.88 Å². The number of fused-ring (bicyclic) bond motifs is 2. The number of aryl methyl sites for hydroxylation is 1. The van der Waals surface area contributed by atoms with E-state index in [2.05, 4.69) is 11.4 Å². The molecule has 4 aromatic rings. The Morgan fingerprint density at radius 1 is 1.13 bits per heavy atom. The molecule has 0 radical (unpaired) electrons. The number of benzene rings is 3. The van der Waals surface area contributed by atoms with Gasteiger partial charge in [-0.1, -0.05) is 54.1 Å². The average Bonchev–Trinajstić information content (AvgIpc) is 3.31. The van der Waals surface area contributed by atoms with Crippen molar-refractivity contribution in [1.82, 2.24) is 0 Å². The van der Waals surface area contributed by atoms with Crippen LogP contribution in [0, 0.1) is 22.7 Å². The molecule has 0 saturated carbocycles. The summed E-state index contributed by atoms with van der Waals surface area (Å²) in [5.41, 5.74) is 2.91. The molecule has 0 aliphatic heterocycles. The number of ether oxygens (including phenoxy) is 2. The largest absolute Gasteiger partial charge is 0.493 e. The second kappa shape index (κ2) is 11.6. The van der Waals surface area contributed by atoms with Gasteiger partial charge in [0.25, 0.3) is 5.91 Å². The van der Waals surface area contributed by atoms with Crippen molar-refractivity contribution < 1.29 is 14.3 Å². The van der Waals surface area contributed by atoms with Gasteiger partial charge in [0.1, 0.15) is 29.3 Å². The molecule has 0 fully saturated rings. The fourth-order valence-electron chi connectivity index (χ4n) is 4.79. The first-order valence-electron chi connectivity index (χ1n) is 12.5. The number of hydrogen-bond donors (Lipinski definition) is 1. The summed E-state index contributed by atoms with van der Waals surface area (Å²) in [5, 5.41) is 25.2. The van der Waals surface area contributed by atoms with E-state index in [9.17, 15) is 15.3 Å². The number of hydrogen-bond acceptors (Lipinski definition) is 6. The van der Waals surface area contributed by atoms with E-state index in [0.29, 0.717) is 27.6 Å². The van der Waals surface area contributed by atoms with Crippen LogP contribution in [-0.4, -0.2) is 13.0 Å². The van der Waals surface area contributed by atoms with Gasteiger partial charge in [0.2, 0.25) is 0 Å². The number of carbonyl (C=O) groups is 1. The van der Waals surface area contributed by atoms with Crippen molar-refractivity contribution in [2.75, 3.05) is 12.4 Å². The van der Waals surface area contributed by atoms with E-state index in [1.165, 1.54) is 24.5 Å². The Morgan fingerprint density at radius 2 is 1.92 bits per heavy atom. The molecule has 1 aliphatic rings. The Bertz CT molecular complexity index is 1690. The third kappa shape index (κ3) is 5.47. The molecule has 39 heavy (non-hydrogen) atoms. The molecule has 1 amide bonds. The van der Waals surface area contributed by atoms with Crippen molar-refractivity contribution in [3.63, 3.8) is 0 Å². The first-order valence-corrected chi connectivity index (χ1v) is 13.7. The lowest BCUT2D eigenvalue weighted by Gasteiger charge is -2.14. The van der Waals surface area contributed by atoms with Gasteiger partial charge in [0.05, 0.1) is 17.7 Å². The Morgan fingerprint density at radius 3 is 2.72 bits per heavy atom. The molecule has 1 N–H and O–H groups in total. The van der Waals surface area contributed by atoms with E-state index in [-0.39, 0.29) is 17.2 Å². The van der Waals surface area contributed by atoms with Gasteiger partial charge in [-0.05, 0) is 71.4 Å². The van der Waals surface area contributed by atoms with Crippen molar-refractivity contribution in [2.24, 2.45) is 0 Å². The van der Waals surface area contributed by atoms with E-state index >= 15 is 0 Å². The van der Waals surface area contributed by atoms with Crippen molar-refractivity contribution >= 4 is 50.7 Å². The number of thiophene rings is 1. The molecule has 5 rings (SSSR count). The molecule has 6 nitrogen and oxygen atoms in total. The lowest BCUT2D eigenvalue weighted by Crippen LogP contribution is -2.13. The Balaban J connectivity index is 1.38. The number of nitriles is 2. The number of methoxy groups -OCH3 is 1. The van der Waals surface area contributed by atoms with Crippen molar-refractivity contribution in [3.8, 4) is 23.6 Å². The summed E-state index contributed by atoms with van der Waals surface area (Å²) in [4.78, 5) is 14.1. The van der Waals surface area contributed by atoms with Crippen LogP contribution in [0.25, 0.3) is 16.8 Å². The van der Waals surface area contributed by atoms with Gasteiger partial charge in [-0.3, -0.25) is 4.79 Å². The molecule has 8 heteroatoms. The van der Waals surface area contributed by atoms with Crippen LogP contribution in [0.3, 0.4) is 0 Å². The van der Waals surface area contributed by atoms with Gasteiger partial charge in [0.15, 0.2) is 11.5 Å². The highest BCUT2D eigenvalue weighted by Gasteiger charge is 2.23. The maximum Gasteiger partial charge on any atom is 0.266 e. The van der Waals surface area contributed by atoms with Crippen LogP contribution in [0.4, 0.5) is 5.00 Å². The molecular formula is C31H24ClN3O3S. The number of amides is 1. The maximum atomic E-state index is 13.0. The first kappa shape index (κ1) is 26.3. The van der Waals surface area contributed by atoms with Crippen LogP contribution in [0.2, 0.25) is 5.02 Å². The number of carbonyl (C=O) groups excluding carboxylic acids is 1. The second-order valence-electron chi connectivity index (χ2n) is 9.11.